The van der Waals surface area contributed by atoms with E-state index in [4.69, 9.17) is 5.73 Å². The first-order valence-electron chi connectivity index (χ1n) is 5.53. The fourth-order valence-electron chi connectivity index (χ4n) is 1.68. The molecule has 4 heteroatoms. The number of carbonyl (C=O) groups is 1. The number of hydrogen-bond donors (Lipinski definition) is 3. The summed E-state index contributed by atoms with van der Waals surface area (Å²) in [7, 11) is 0. The normalized spacial score (nSPS) is 10.1. The molecule has 1 amide bonds. The second-order valence-corrected chi connectivity index (χ2v) is 4.02. The number of amides is 1. The van der Waals surface area contributed by atoms with Gasteiger partial charge in [-0.2, -0.15) is 0 Å². The van der Waals surface area contributed by atoms with Crippen molar-refractivity contribution in [1.29, 1.82) is 0 Å². The summed E-state index contributed by atoms with van der Waals surface area (Å²) in [6.45, 7) is 1.80. The zero-order valence-corrected chi connectivity index (χ0v) is 9.97. The van der Waals surface area contributed by atoms with Crippen LogP contribution in [0.2, 0.25) is 0 Å². The maximum absolute atomic E-state index is 12.1. The average molecular weight is 242 g/mol. The first-order valence-corrected chi connectivity index (χ1v) is 5.53. The Labute approximate surface area is 105 Å². The van der Waals surface area contributed by atoms with Crippen LogP contribution in [0.15, 0.2) is 42.5 Å². The Hall–Kier alpha value is -2.49. The molecule has 0 aliphatic rings. The molecule has 0 aliphatic carbocycles. The van der Waals surface area contributed by atoms with Crippen LogP contribution in [-0.2, 0) is 0 Å². The van der Waals surface area contributed by atoms with E-state index >= 15 is 0 Å². The predicted molar refractivity (Wildman–Crippen MR) is 71.7 cm³/mol. The zero-order chi connectivity index (χ0) is 13.1. The second kappa shape index (κ2) is 4.79. The molecule has 2 aromatic carbocycles. The lowest BCUT2D eigenvalue weighted by Crippen LogP contribution is -2.14. The van der Waals surface area contributed by atoms with Gasteiger partial charge < -0.3 is 16.2 Å². The van der Waals surface area contributed by atoms with E-state index in [0.29, 0.717) is 16.9 Å². The number of anilines is 2. The van der Waals surface area contributed by atoms with Crippen molar-refractivity contribution in [3.8, 4) is 5.75 Å². The van der Waals surface area contributed by atoms with E-state index in [2.05, 4.69) is 5.32 Å². The number of phenolic OH excluding ortho intramolecular Hbond substituents is 1. The van der Waals surface area contributed by atoms with E-state index < -0.39 is 0 Å². The Balaban J connectivity index is 2.25. The molecule has 0 radical (unpaired) electrons. The van der Waals surface area contributed by atoms with Gasteiger partial charge in [-0.05, 0) is 36.8 Å². The average Bonchev–Trinajstić information content (AvgIpc) is 2.32. The molecule has 0 heterocycles. The molecule has 2 aromatic rings. The van der Waals surface area contributed by atoms with Gasteiger partial charge in [0, 0.05) is 23.0 Å². The van der Waals surface area contributed by atoms with Gasteiger partial charge in [0.05, 0.1) is 0 Å². The predicted octanol–water partition coefficient (Wildman–Crippen LogP) is 2.54. The third kappa shape index (κ3) is 2.43. The van der Waals surface area contributed by atoms with Gasteiger partial charge in [-0.25, -0.2) is 0 Å². The van der Waals surface area contributed by atoms with Crippen molar-refractivity contribution in [2.45, 2.75) is 6.92 Å². The van der Waals surface area contributed by atoms with Crippen LogP contribution in [0.4, 0.5) is 11.4 Å². The highest BCUT2D eigenvalue weighted by Gasteiger charge is 2.10. The van der Waals surface area contributed by atoms with Gasteiger partial charge in [0.1, 0.15) is 5.75 Å². The third-order valence-electron chi connectivity index (χ3n) is 2.72. The number of aromatic hydroxyl groups is 1. The maximum atomic E-state index is 12.1. The number of carbonyl (C=O) groups excluding carboxylic acids is 1. The topological polar surface area (TPSA) is 75.4 Å². The van der Waals surface area contributed by atoms with Crippen LogP contribution in [0.25, 0.3) is 0 Å². The molecular formula is C14H14N2O2. The number of hydrogen-bond acceptors (Lipinski definition) is 3. The molecule has 0 spiro atoms. The maximum Gasteiger partial charge on any atom is 0.256 e. The van der Waals surface area contributed by atoms with Crippen molar-refractivity contribution in [2.75, 3.05) is 11.1 Å². The summed E-state index contributed by atoms with van der Waals surface area (Å²) in [6, 6.07) is 11.6. The van der Waals surface area contributed by atoms with Gasteiger partial charge in [-0.3, -0.25) is 4.79 Å². The van der Waals surface area contributed by atoms with Crippen molar-refractivity contribution in [3.05, 3.63) is 53.6 Å². The summed E-state index contributed by atoms with van der Waals surface area (Å²) in [4.78, 5) is 12.1. The molecule has 4 nitrogen and oxygen atoms in total. The quantitative estimate of drug-likeness (QED) is 0.708. The van der Waals surface area contributed by atoms with Crippen LogP contribution >= 0.6 is 0 Å². The third-order valence-corrected chi connectivity index (χ3v) is 2.72. The smallest absolute Gasteiger partial charge is 0.256 e. The Morgan fingerprint density at radius 1 is 1.22 bits per heavy atom. The fourth-order valence-corrected chi connectivity index (χ4v) is 1.68. The summed E-state index contributed by atoms with van der Waals surface area (Å²) in [6.07, 6.45) is 0. The van der Waals surface area contributed by atoms with Crippen LogP contribution < -0.4 is 11.1 Å². The first-order chi connectivity index (χ1) is 8.58. The lowest BCUT2D eigenvalue weighted by molar-refractivity contribution is 0.102. The highest BCUT2D eigenvalue weighted by atomic mass is 16.3. The Morgan fingerprint density at radius 3 is 2.67 bits per heavy atom. The Bertz CT molecular complexity index is 594. The minimum Gasteiger partial charge on any atom is -0.508 e. The molecule has 0 saturated carbocycles. The molecule has 4 N–H and O–H groups in total. The number of phenols is 1. The van der Waals surface area contributed by atoms with Gasteiger partial charge in [0.2, 0.25) is 0 Å². The SMILES string of the molecule is Cc1c(N)cccc1C(=O)Nc1cccc(O)c1. The molecular weight excluding hydrogens is 228 g/mol. The van der Waals surface area contributed by atoms with E-state index in [1.54, 1.807) is 43.3 Å². The zero-order valence-electron chi connectivity index (χ0n) is 9.97. The number of nitrogens with two attached hydrogens (primary N) is 1. The number of nitrogen functional groups attached to an aromatic ring is 1. The lowest BCUT2D eigenvalue weighted by Gasteiger charge is -2.09. The fraction of sp³-hybridized carbons (Fsp3) is 0.0714. The van der Waals surface area contributed by atoms with E-state index in [0.717, 1.165) is 5.56 Å². The van der Waals surface area contributed by atoms with E-state index in [1.165, 1.54) is 6.07 Å². The monoisotopic (exact) mass is 242 g/mol. The summed E-state index contributed by atoms with van der Waals surface area (Å²) in [5.41, 5.74) is 8.15. The lowest BCUT2D eigenvalue weighted by atomic mass is 10.1. The first kappa shape index (κ1) is 12.0. The van der Waals surface area contributed by atoms with Gasteiger partial charge >= 0.3 is 0 Å². The van der Waals surface area contributed by atoms with Gasteiger partial charge in [-0.15, -0.1) is 0 Å². The van der Waals surface area contributed by atoms with Crippen molar-refractivity contribution in [2.24, 2.45) is 0 Å². The molecule has 92 valence electrons. The summed E-state index contributed by atoms with van der Waals surface area (Å²) in [5.74, 6) is -0.137. The van der Waals surface area contributed by atoms with E-state index in [-0.39, 0.29) is 11.7 Å². The molecule has 0 bridgehead atoms. The van der Waals surface area contributed by atoms with Crippen LogP contribution in [0.3, 0.4) is 0 Å². The molecule has 0 saturated heterocycles. The number of benzene rings is 2. The van der Waals surface area contributed by atoms with E-state index in [1.807, 2.05) is 0 Å². The highest BCUT2D eigenvalue weighted by molar-refractivity contribution is 6.06. The van der Waals surface area contributed by atoms with E-state index in [9.17, 15) is 9.90 Å². The number of nitrogens with one attached hydrogen (secondary N) is 1. The van der Waals surface area contributed by atoms with Crippen molar-refractivity contribution < 1.29 is 9.90 Å². The number of rotatable bonds is 2. The van der Waals surface area contributed by atoms with Crippen molar-refractivity contribution >= 4 is 17.3 Å². The van der Waals surface area contributed by atoms with Crippen LogP contribution in [0, 0.1) is 6.92 Å². The Morgan fingerprint density at radius 2 is 1.94 bits per heavy atom. The van der Waals surface area contributed by atoms with Gasteiger partial charge in [0.25, 0.3) is 5.91 Å². The van der Waals surface area contributed by atoms with Crippen LogP contribution in [-0.4, -0.2) is 11.0 Å². The second-order valence-electron chi connectivity index (χ2n) is 4.02. The molecule has 0 aromatic heterocycles. The Kier molecular flexibility index (Phi) is 3.19. The minimum absolute atomic E-state index is 0.108. The molecule has 0 fully saturated rings. The minimum atomic E-state index is -0.245. The van der Waals surface area contributed by atoms with Crippen molar-refractivity contribution in [3.63, 3.8) is 0 Å². The van der Waals surface area contributed by atoms with Crippen molar-refractivity contribution in [1.82, 2.24) is 0 Å². The molecule has 0 atom stereocenters. The summed E-state index contributed by atoms with van der Waals surface area (Å²) < 4.78 is 0. The molecule has 0 aliphatic heterocycles. The standard InChI is InChI=1S/C14H14N2O2/c1-9-12(6-3-7-13(9)15)14(18)16-10-4-2-5-11(17)8-10/h2-8,17H,15H2,1H3,(H,16,18). The van der Waals surface area contributed by atoms with Gasteiger partial charge in [0.15, 0.2) is 0 Å². The van der Waals surface area contributed by atoms with Crippen LogP contribution in [0.5, 0.6) is 5.75 Å². The van der Waals surface area contributed by atoms with Crippen LogP contribution in [0.1, 0.15) is 15.9 Å². The molecule has 18 heavy (non-hydrogen) atoms. The summed E-state index contributed by atoms with van der Waals surface area (Å²) in [5, 5.41) is 12.0. The largest absolute Gasteiger partial charge is 0.508 e. The van der Waals surface area contributed by atoms with Gasteiger partial charge in [-0.1, -0.05) is 12.1 Å². The highest BCUT2D eigenvalue weighted by Crippen LogP contribution is 2.19. The molecule has 0 unspecified atom stereocenters. The molecule has 2 rings (SSSR count). The summed E-state index contributed by atoms with van der Waals surface area (Å²) >= 11 is 0.